The highest BCUT2D eigenvalue weighted by atomic mass is 16.5. The molecule has 4 amide bonds. The van der Waals surface area contributed by atoms with E-state index in [9.17, 15) is 14.4 Å². The van der Waals surface area contributed by atoms with Gasteiger partial charge in [-0.25, -0.2) is 4.79 Å². The van der Waals surface area contributed by atoms with Crippen LogP contribution in [-0.4, -0.2) is 41.4 Å². The maximum Gasteiger partial charge on any atom is 0.325 e. The summed E-state index contributed by atoms with van der Waals surface area (Å²) in [5, 5.41) is 5.58. The first-order valence-electron chi connectivity index (χ1n) is 9.13. The second kappa shape index (κ2) is 7.35. The normalized spacial score (nSPS) is 25.3. The number of nitrogens with zero attached hydrogens (tertiary/aromatic N) is 1. The van der Waals surface area contributed by atoms with Crippen LogP contribution >= 0.6 is 0 Å². The van der Waals surface area contributed by atoms with E-state index in [-0.39, 0.29) is 18.4 Å². The van der Waals surface area contributed by atoms with E-state index in [0.717, 1.165) is 24.2 Å². The van der Waals surface area contributed by atoms with Gasteiger partial charge in [-0.2, -0.15) is 0 Å². The summed E-state index contributed by atoms with van der Waals surface area (Å²) < 4.78 is 5.48. The Bertz CT molecular complexity index is 720. The molecular formula is C19H25N3O4. The summed E-state index contributed by atoms with van der Waals surface area (Å²) in [6, 6.07) is 6.58. The summed E-state index contributed by atoms with van der Waals surface area (Å²) in [7, 11) is 0. The van der Waals surface area contributed by atoms with E-state index in [1.54, 1.807) is 18.2 Å². The lowest BCUT2D eigenvalue weighted by atomic mass is 9.73. The molecule has 1 aliphatic heterocycles. The number of rotatable bonds is 5. The molecule has 2 aliphatic rings. The van der Waals surface area contributed by atoms with Crippen molar-refractivity contribution < 1.29 is 19.1 Å². The number of amides is 4. The van der Waals surface area contributed by atoms with Crippen molar-refractivity contribution in [3.05, 3.63) is 24.3 Å². The standard InChI is InChI=1S/C19H25N3O4/c1-3-26-15-10-5-4-9-14(15)20-16(23)12-22-17(24)19(21-18(22)25)11-7-6-8-13(19)2/h4-5,9-10,13H,3,6-8,11-12H2,1-2H3,(H,20,23)(H,21,25)/t13-,19+/m0/s1. The minimum Gasteiger partial charge on any atom is -0.492 e. The van der Waals surface area contributed by atoms with Gasteiger partial charge in [0, 0.05) is 0 Å². The highest BCUT2D eigenvalue weighted by Gasteiger charge is 2.55. The van der Waals surface area contributed by atoms with Crippen molar-refractivity contribution in [2.75, 3.05) is 18.5 Å². The highest BCUT2D eigenvalue weighted by Crippen LogP contribution is 2.38. The lowest BCUT2D eigenvalue weighted by molar-refractivity contribution is -0.136. The summed E-state index contributed by atoms with van der Waals surface area (Å²) in [4.78, 5) is 38.7. The van der Waals surface area contributed by atoms with Crippen LogP contribution in [0.5, 0.6) is 5.75 Å². The Hall–Kier alpha value is -2.57. The molecule has 0 unspecified atom stereocenters. The number of imide groups is 1. The molecule has 0 radical (unpaired) electrons. The Balaban J connectivity index is 1.70. The quantitative estimate of drug-likeness (QED) is 0.791. The molecule has 7 nitrogen and oxygen atoms in total. The van der Waals surface area contributed by atoms with Crippen molar-refractivity contribution in [2.45, 2.75) is 45.1 Å². The molecule has 1 heterocycles. The summed E-state index contributed by atoms with van der Waals surface area (Å²) in [6.45, 7) is 4.01. The largest absolute Gasteiger partial charge is 0.492 e. The smallest absolute Gasteiger partial charge is 0.325 e. The molecule has 2 N–H and O–H groups in total. The second-order valence-electron chi connectivity index (χ2n) is 6.92. The van der Waals surface area contributed by atoms with Crippen molar-refractivity contribution in [3.63, 3.8) is 0 Å². The van der Waals surface area contributed by atoms with Crippen LogP contribution in [-0.2, 0) is 9.59 Å². The number of benzene rings is 1. The SMILES string of the molecule is CCOc1ccccc1NC(=O)CN1C(=O)N[C@@]2(CCCC[C@@H]2C)C1=O. The number of ether oxygens (including phenoxy) is 1. The summed E-state index contributed by atoms with van der Waals surface area (Å²) >= 11 is 0. The van der Waals surface area contributed by atoms with Crippen LogP contribution in [0.3, 0.4) is 0 Å². The Morgan fingerprint density at radius 1 is 1.35 bits per heavy atom. The zero-order valence-electron chi connectivity index (χ0n) is 15.2. The molecule has 1 aromatic rings. The molecule has 140 valence electrons. The molecule has 0 bridgehead atoms. The van der Waals surface area contributed by atoms with Gasteiger partial charge < -0.3 is 15.4 Å². The third kappa shape index (κ3) is 3.25. The van der Waals surface area contributed by atoms with Crippen molar-refractivity contribution >= 4 is 23.5 Å². The predicted octanol–water partition coefficient (Wildman–Crippen LogP) is 2.52. The molecular weight excluding hydrogens is 334 g/mol. The van der Waals surface area contributed by atoms with Gasteiger partial charge in [0.2, 0.25) is 5.91 Å². The third-order valence-electron chi connectivity index (χ3n) is 5.26. The van der Waals surface area contributed by atoms with Crippen LogP contribution in [0.15, 0.2) is 24.3 Å². The highest BCUT2D eigenvalue weighted by molar-refractivity contribution is 6.10. The Morgan fingerprint density at radius 3 is 2.85 bits per heavy atom. The molecule has 1 aliphatic carbocycles. The van der Waals surface area contributed by atoms with Gasteiger partial charge in [-0.3, -0.25) is 14.5 Å². The van der Waals surface area contributed by atoms with Gasteiger partial charge in [0.25, 0.3) is 5.91 Å². The number of carbonyl (C=O) groups excluding carboxylic acids is 3. The summed E-state index contributed by atoms with van der Waals surface area (Å²) in [5.74, 6) is -0.0959. The van der Waals surface area contributed by atoms with E-state index in [2.05, 4.69) is 10.6 Å². The number of hydrogen-bond donors (Lipinski definition) is 2. The molecule has 1 spiro atoms. The third-order valence-corrected chi connectivity index (χ3v) is 5.26. The minimum atomic E-state index is -0.848. The molecule has 26 heavy (non-hydrogen) atoms. The van der Waals surface area contributed by atoms with E-state index in [1.165, 1.54) is 0 Å². The Morgan fingerprint density at radius 2 is 2.12 bits per heavy atom. The predicted molar refractivity (Wildman–Crippen MR) is 96.8 cm³/mol. The average Bonchev–Trinajstić information content (AvgIpc) is 2.85. The van der Waals surface area contributed by atoms with Crippen LogP contribution in [0.2, 0.25) is 0 Å². The molecule has 2 fully saturated rings. The molecule has 3 rings (SSSR count). The molecule has 1 saturated carbocycles. The fourth-order valence-electron chi connectivity index (χ4n) is 3.82. The first-order valence-corrected chi connectivity index (χ1v) is 9.13. The number of para-hydroxylation sites is 2. The van der Waals surface area contributed by atoms with Crippen LogP contribution in [0.4, 0.5) is 10.5 Å². The monoisotopic (exact) mass is 359 g/mol. The number of carbonyl (C=O) groups is 3. The van der Waals surface area contributed by atoms with E-state index >= 15 is 0 Å². The van der Waals surface area contributed by atoms with Gasteiger partial charge in [0.15, 0.2) is 0 Å². The van der Waals surface area contributed by atoms with E-state index < -0.39 is 17.5 Å². The van der Waals surface area contributed by atoms with Gasteiger partial charge in [0.05, 0.1) is 12.3 Å². The zero-order chi connectivity index (χ0) is 18.7. The van der Waals surface area contributed by atoms with Crippen LogP contribution in [0, 0.1) is 5.92 Å². The van der Waals surface area contributed by atoms with Crippen molar-refractivity contribution in [1.29, 1.82) is 0 Å². The molecule has 1 aromatic carbocycles. The van der Waals surface area contributed by atoms with Crippen LogP contribution < -0.4 is 15.4 Å². The average molecular weight is 359 g/mol. The maximum atomic E-state index is 12.9. The fourth-order valence-corrected chi connectivity index (χ4v) is 3.82. The number of nitrogens with one attached hydrogen (secondary N) is 2. The van der Waals surface area contributed by atoms with Gasteiger partial charge >= 0.3 is 6.03 Å². The first-order chi connectivity index (χ1) is 12.5. The first kappa shape index (κ1) is 18.2. The lowest BCUT2D eigenvalue weighted by Crippen LogP contribution is -2.54. The Kier molecular flexibility index (Phi) is 5.15. The van der Waals surface area contributed by atoms with Gasteiger partial charge in [-0.15, -0.1) is 0 Å². The lowest BCUT2D eigenvalue weighted by Gasteiger charge is -2.36. The molecule has 0 aromatic heterocycles. The van der Waals surface area contributed by atoms with Gasteiger partial charge in [-0.05, 0) is 37.8 Å². The fraction of sp³-hybridized carbons (Fsp3) is 0.526. The van der Waals surface area contributed by atoms with E-state index in [4.69, 9.17) is 4.74 Å². The van der Waals surface area contributed by atoms with Gasteiger partial charge in [0.1, 0.15) is 17.8 Å². The summed E-state index contributed by atoms with van der Waals surface area (Å²) in [6.07, 6.45) is 3.48. The number of hydrogen-bond acceptors (Lipinski definition) is 4. The number of anilines is 1. The van der Waals surface area contributed by atoms with Gasteiger partial charge in [-0.1, -0.05) is 31.9 Å². The molecule has 2 atom stereocenters. The Labute approximate surface area is 153 Å². The molecule has 7 heteroatoms. The van der Waals surface area contributed by atoms with Crippen molar-refractivity contribution in [2.24, 2.45) is 5.92 Å². The van der Waals surface area contributed by atoms with E-state index in [1.807, 2.05) is 19.9 Å². The zero-order valence-corrected chi connectivity index (χ0v) is 15.2. The maximum absolute atomic E-state index is 12.9. The van der Waals surface area contributed by atoms with Crippen LogP contribution in [0.1, 0.15) is 39.5 Å². The summed E-state index contributed by atoms with van der Waals surface area (Å²) in [5.41, 5.74) is -0.328. The van der Waals surface area contributed by atoms with Crippen molar-refractivity contribution in [3.8, 4) is 5.75 Å². The topological polar surface area (TPSA) is 87.7 Å². The van der Waals surface area contributed by atoms with Crippen molar-refractivity contribution in [1.82, 2.24) is 10.2 Å². The van der Waals surface area contributed by atoms with E-state index in [0.29, 0.717) is 24.5 Å². The minimum absolute atomic E-state index is 0.0689. The second-order valence-corrected chi connectivity index (χ2v) is 6.92. The number of urea groups is 1. The van der Waals surface area contributed by atoms with Crippen LogP contribution in [0.25, 0.3) is 0 Å². The molecule has 1 saturated heterocycles.